The van der Waals surface area contributed by atoms with Crippen molar-refractivity contribution in [3.63, 3.8) is 0 Å². The van der Waals surface area contributed by atoms with E-state index in [0.717, 1.165) is 60.8 Å². The predicted octanol–water partition coefficient (Wildman–Crippen LogP) is 4.05. The third-order valence-electron chi connectivity index (χ3n) is 5.52. The van der Waals surface area contributed by atoms with Crippen molar-refractivity contribution in [2.45, 2.75) is 58.9 Å². The first kappa shape index (κ1) is 19.3. The number of carbonyl (C=O) groups excluding carboxylic acids is 2. The highest BCUT2D eigenvalue weighted by Gasteiger charge is 2.27. The molecule has 0 aliphatic carbocycles. The van der Waals surface area contributed by atoms with E-state index >= 15 is 0 Å². The quantitative estimate of drug-likeness (QED) is 0.747. The number of pyridine rings is 1. The SMILES string of the molecule is CCc1nc2ccccc2c(C(=O)OCC(=O)N2CCCCC2CC)c1C. The van der Waals surface area contributed by atoms with Gasteiger partial charge in [-0.3, -0.25) is 9.78 Å². The molecule has 1 aromatic carbocycles. The smallest absolute Gasteiger partial charge is 0.339 e. The van der Waals surface area contributed by atoms with Gasteiger partial charge < -0.3 is 9.64 Å². The molecule has 1 aliphatic rings. The topological polar surface area (TPSA) is 59.5 Å². The van der Waals surface area contributed by atoms with Crippen LogP contribution in [0.25, 0.3) is 10.9 Å². The van der Waals surface area contributed by atoms with E-state index < -0.39 is 5.97 Å². The lowest BCUT2D eigenvalue weighted by Crippen LogP contribution is -2.45. The number of fused-ring (bicyclic) bond motifs is 1. The molecule has 0 N–H and O–H groups in total. The monoisotopic (exact) mass is 368 g/mol. The molecule has 1 aliphatic heterocycles. The third-order valence-corrected chi connectivity index (χ3v) is 5.52. The summed E-state index contributed by atoms with van der Waals surface area (Å²) >= 11 is 0. The molecule has 1 unspecified atom stereocenters. The minimum Gasteiger partial charge on any atom is -0.452 e. The van der Waals surface area contributed by atoms with Crippen LogP contribution in [0.5, 0.6) is 0 Å². The van der Waals surface area contributed by atoms with Crippen molar-refractivity contribution in [2.24, 2.45) is 0 Å². The highest BCUT2D eigenvalue weighted by atomic mass is 16.5. The Labute approximate surface area is 160 Å². The number of aromatic nitrogens is 1. The molecule has 144 valence electrons. The van der Waals surface area contributed by atoms with E-state index in [1.807, 2.05) is 43.0 Å². The Bertz CT molecular complexity index is 847. The molecule has 5 nitrogen and oxygen atoms in total. The number of nitrogens with zero attached hydrogens (tertiary/aromatic N) is 2. The van der Waals surface area contributed by atoms with Crippen molar-refractivity contribution in [1.29, 1.82) is 0 Å². The number of carbonyl (C=O) groups is 2. The molecule has 27 heavy (non-hydrogen) atoms. The van der Waals surface area contributed by atoms with Crippen LogP contribution in [0.15, 0.2) is 24.3 Å². The Kier molecular flexibility index (Phi) is 6.09. The number of hydrogen-bond acceptors (Lipinski definition) is 4. The van der Waals surface area contributed by atoms with Crippen molar-refractivity contribution in [3.8, 4) is 0 Å². The van der Waals surface area contributed by atoms with E-state index in [1.54, 1.807) is 0 Å². The minimum absolute atomic E-state index is 0.0957. The van der Waals surface area contributed by atoms with Gasteiger partial charge in [-0.1, -0.05) is 32.0 Å². The van der Waals surface area contributed by atoms with Gasteiger partial charge in [-0.15, -0.1) is 0 Å². The molecule has 1 fully saturated rings. The van der Waals surface area contributed by atoms with Crippen LogP contribution in [0.1, 0.15) is 61.1 Å². The zero-order valence-electron chi connectivity index (χ0n) is 16.5. The Balaban J connectivity index is 1.80. The highest BCUT2D eigenvalue weighted by Crippen LogP contribution is 2.25. The van der Waals surface area contributed by atoms with Crippen LogP contribution in [-0.4, -0.2) is 41.0 Å². The molecule has 1 atom stereocenters. The molecule has 0 bridgehead atoms. The Morgan fingerprint density at radius 3 is 2.74 bits per heavy atom. The van der Waals surface area contributed by atoms with Crippen LogP contribution in [0.3, 0.4) is 0 Å². The summed E-state index contributed by atoms with van der Waals surface area (Å²) in [6.45, 7) is 6.57. The fraction of sp³-hybridized carbons (Fsp3) is 0.500. The van der Waals surface area contributed by atoms with Crippen LogP contribution >= 0.6 is 0 Å². The Morgan fingerprint density at radius 1 is 1.22 bits per heavy atom. The van der Waals surface area contributed by atoms with Crippen molar-refractivity contribution in [2.75, 3.05) is 13.2 Å². The number of para-hydroxylation sites is 1. The number of likely N-dealkylation sites (tertiary alicyclic amines) is 1. The second kappa shape index (κ2) is 8.51. The number of benzene rings is 1. The first-order valence-electron chi connectivity index (χ1n) is 9.91. The minimum atomic E-state index is -0.445. The van der Waals surface area contributed by atoms with E-state index in [-0.39, 0.29) is 18.6 Å². The van der Waals surface area contributed by atoms with Crippen molar-refractivity contribution in [1.82, 2.24) is 9.88 Å². The molecule has 5 heteroatoms. The highest BCUT2D eigenvalue weighted by molar-refractivity contribution is 6.05. The van der Waals surface area contributed by atoms with Crippen LogP contribution in [-0.2, 0) is 16.0 Å². The van der Waals surface area contributed by atoms with E-state index in [9.17, 15) is 9.59 Å². The van der Waals surface area contributed by atoms with Gasteiger partial charge in [-0.25, -0.2) is 4.79 Å². The molecule has 2 aromatic rings. The molecule has 2 heterocycles. The summed E-state index contributed by atoms with van der Waals surface area (Å²) in [5, 5.41) is 0.772. The van der Waals surface area contributed by atoms with Gasteiger partial charge in [-0.05, 0) is 50.7 Å². The lowest BCUT2D eigenvalue weighted by molar-refractivity contribution is -0.138. The van der Waals surface area contributed by atoms with Gasteiger partial charge in [0.15, 0.2) is 6.61 Å². The average molecular weight is 368 g/mol. The molecule has 0 radical (unpaired) electrons. The van der Waals surface area contributed by atoms with Gasteiger partial charge in [-0.2, -0.15) is 0 Å². The first-order valence-corrected chi connectivity index (χ1v) is 9.91. The predicted molar refractivity (Wildman–Crippen MR) is 106 cm³/mol. The summed E-state index contributed by atoms with van der Waals surface area (Å²) in [5.74, 6) is -0.541. The summed E-state index contributed by atoms with van der Waals surface area (Å²) in [6.07, 6.45) is 4.88. The van der Waals surface area contributed by atoms with E-state index in [2.05, 4.69) is 11.9 Å². The van der Waals surface area contributed by atoms with Gasteiger partial charge in [0.1, 0.15) is 0 Å². The fourth-order valence-electron chi connectivity index (χ4n) is 4.00. The normalized spacial score (nSPS) is 17.1. The van der Waals surface area contributed by atoms with Crippen LogP contribution in [0, 0.1) is 6.92 Å². The summed E-state index contributed by atoms with van der Waals surface area (Å²) in [4.78, 5) is 32.0. The molecule has 1 amide bonds. The summed E-state index contributed by atoms with van der Waals surface area (Å²) in [7, 11) is 0. The van der Waals surface area contributed by atoms with E-state index in [1.165, 1.54) is 0 Å². The van der Waals surface area contributed by atoms with Crippen molar-refractivity contribution in [3.05, 3.63) is 41.1 Å². The zero-order chi connectivity index (χ0) is 19.4. The molecule has 3 rings (SSSR count). The molecular weight excluding hydrogens is 340 g/mol. The molecule has 0 spiro atoms. The van der Waals surface area contributed by atoms with Gasteiger partial charge in [0.2, 0.25) is 0 Å². The second-order valence-corrected chi connectivity index (χ2v) is 7.15. The van der Waals surface area contributed by atoms with Crippen LogP contribution in [0.2, 0.25) is 0 Å². The second-order valence-electron chi connectivity index (χ2n) is 7.15. The van der Waals surface area contributed by atoms with Crippen molar-refractivity contribution >= 4 is 22.8 Å². The van der Waals surface area contributed by atoms with Gasteiger partial charge in [0, 0.05) is 23.7 Å². The zero-order valence-corrected chi connectivity index (χ0v) is 16.5. The van der Waals surface area contributed by atoms with Gasteiger partial charge in [0.05, 0.1) is 11.1 Å². The number of aryl methyl sites for hydroxylation is 1. The number of rotatable bonds is 5. The van der Waals surface area contributed by atoms with Crippen LogP contribution in [0.4, 0.5) is 0 Å². The number of hydrogen-bond donors (Lipinski definition) is 0. The molecule has 1 saturated heterocycles. The van der Waals surface area contributed by atoms with Crippen LogP contribution < -0.4 is 0 Å². The first-order chi connectivity index (χ1) is 13.1. The molecule has 0 saturated carbocycles. The fourth-order valence-corrected chi connectivity index (χ4v) is 4.00. The lowest BCUT2D eigenvalue weighted by Gasteiger charge is -2.35. The largest absolute Gasteiger partial charge is 0.452 e. The number of esters is 1. The summed E-state index contributed by atoms with van der Waals surface area (Å²) < 4.78 is 5.47. The third kappa shape index (κ3) is 3.97. The number of ether oxygens (including phenoxy) is 1. The standard InChI is InChI=1S/C22H28N2O3/c1-4-16-10-8-9-13-24(16)20(25)14-27-22(26)21-15(3)18(5-2)23-19-12-7-6-11-17(19)21/h6-7,11-12,16H,4-5,8-10,13-14H2,1-3H3. The molecule has 1 aromatic heterocycles. The van der Waals surface area contributed by atoms with Gasteiger partial charge in [0.25, 0.3) is 5.91 Å². The molecular formula is C22H28N2O3. The number of amides is 1. The van der Waals surface area contributed by atoms with Crippen molar-refractivity contribution < 1.29 is 14.3 Å². The summed E-state index contributed by atoms with van der Waals surface area (Å²) in [5.41, 5.74) is 3.02. The maximum Gasteiger partial charge on any atom is 0.339 e. The van der Waals surface area contributed by atoms with Gasteiger partial charge >= 0.3 is 5.97 Å². The Hall–Kier alpha value is -2.43. The van der Waals surface area contributed by atoms with E-state index in [4.69, 9.17) is 4.74 Å². The maximum absolute atomic E-state index is 12.9. The lowest BCUT2D eigenvalue weighted by atomic mass is 10.00. The summed E-state index contributed by atoms with van der Waals surface area (Å²) in [6, 6.07) is 7.83. The number of piperidine rings is 1. The van der Waals surface area contributed by atoms with E-state index in [0.29, 0.717) is 5.56 Å². The maximum atomic E-state index is 12.9. The Morgan fingerprint density at radius 2 is 2.00 bits per heavy atom. The average Bonchev–Trinajstić information content (AvgIpc) is 2.71.